The standard InChI is InChI=1S/C19H23BrN2O3S/c1-24-14-10-12(11-15(25-2)18(14)20)19(23)21-9-5-8-17-22-13-6-3-4-7-16(13)26-17/h10-11H,3-9H2,1-2H3,(H,21,23). The van der Waals surface area contributed by atoms with Crippen LogP contribution in [-0.2, 0) is 19.3 Å². The monoisotopic (exact) mass is 438 g/mol. The molecular weight excluding hydrogens is 416 g/mol. The Morgan fingerprint density at radius 1 is 1.23 bits per heavy atom. The van der Waals surface area contributed by atoms with Crippen LogP contribution in [0.15, 0.2) is 16.6 Å². The number of nitrogens with zero attached hydrogens (tertiary/aromatic N) is 1. The molecule has 1 aliphatic carbocycles. The Morgan fingerprint density at radius 3 is 2.58 bits per heavy atom. The molecule has 0 bridgehead atoms. The van der Waals surface area contributed by atoms with Crippen molar-refractivity contribution < 1.29 is 14.3 Å². The van der Waals surface area contributed by atoms with Crippen molar-refractivity contribution in [3.05, 3.63) is 37.7 Å². The minimum Gasteiger partial charge on any atom is -0.495 e. The largest absolute Gasteiger partial charge is 0.495 e. The van der Waals surface area contributed by atoms with E-state index in [2.05, 4.69) is 21.2 Å². The molecule has 2 aromatic rings. The highest BCUT2D eigenvalue weighted by Gasteiger charge is 2.16. The van der Waals surface area contributed by atoms with Gasteiger partial charge in [-0.15, -0.1) is 11.3 Å². The molecule has 7 heteroatoms. The Labute approximate surface area is 166 Å². The van der Waals surface area contributed by atoms with Gasteiger partial charge in [-0.25, -0.2) is 4.98 Å². The number of amides is 1. The van der Waals surface area contributed by atoms with Crippen molar-refractivity contribution in [2.45, 2.75) is 38.5 Å². The van der Waals surface area contributed by atoms with Gasteiger partial charge in [0.2, 0.25) is 0 Å². The number of nitrogens with one attached hydrogen (secondary N) is 1. The average molecular weight is 439 g/mol. The molecule has 1 heterocycles. The van der Waals surface area contributed by atoms with Gasteiger partial charge in [0, 0.05) is 23.4 Å². The molecule has 1 aromatic carbocycles. The molecule has 0 fully saturated rings. The third-order valence-electron chi connectivity index (χ3n) is 4.45. The normalized spacial score (nSPS) is 13.2. The molecule has 0 aliphatic heterocycles. The summed E-state index contributed by atoms with van der Waals surface area (Å²) in [6.45, 7) is 0.615. The second kappa shape index (κ2) is 8.86. The van der Waals surface area contributed by atoms with E-state index in [0.717, 1.165) is 19.3 Å². The quantitative estimate of drug-likeness (QED) is 0.659. The minimum absolute atomic E-state index is 0.132. The Bertz CT molecular complexity index is 743. The first-order valence-electron chi connectivity index (χ1n) is 8.79. The topological polar surface area (TPSA) is 60.5 Å². The Balaban J connectivity index is 1.53. The van der Waals surface area contributed by atoms with Crippen LogP contribution in [0.4, 0.5) is 0 Å². The molecule has 0 saturated carbocycles. The summed E-state index contributed by atoms with van der Waals surface area (Å²) in [5.74, 6) is 1.01. The van der Waals surface area contributed by atoms with E-state index in [1.807, 2.05) is 11.3 Å². The van der Waals surface area contributed by atoms with E-state index in [4.69, 9.17) is 14.5 Å². The van der Waals surface area contributed by atoms with Crippen molar-refractivity contribution in [3.8, 4) is 11.5 Å². The fourth-order valence-corrected chi connectivity index (χ4v) is 4.81. The molecule has 1 aliphatic rings. The van der Waals surface area contributed by atoms with Gasteiger partial charge < -0.3 is 14.8 Å². The first kappa shape index (κ1) is 19.2. The maximum atomic E-state index is 12.4. The molecule has 0 saturated heterocycles. The second-order valence-electron chi connectivity index (χ2n) is 6.24. The van der Waals surface area contributed by atoms with Crippen LogP contribution in [-0.4, -0.2) is 31.7 Å². The number of fused-ring (bicyclic) bond motifs is 1. The van der Waals surface area contributed by atoms with Crippen molar-refractivity contribution in [2.24, 2.45) is 0 Å². The van der Waals surface area contributed by atoms with E-state index in [0.29, 0.717) is 28.1 Å². The van der Waals surface area contributed by atoms with Gasteiger partial charge in [0.15, 0.2) is 0 Å². The predicted octanol–water partition coefficient (Wildman–Crippen LogP) is 4.16. The van der Waals surface area contributed by atoms with Crippen molar-refractivity contribution >= 4 is 33.2 Å². The molecule has 1 aromatic heterocycles. The molecular formula is C19H23BrN2O3S. The predicted molar refractivity (Wildman–Crippen MR) is 107 cm³/mol. The van der Waals surface area contributed by atoms with Crippen LogP contribution < -0.4 is 14.8 Å². The first-order valence-corrected chi connectivity index (χ1v) is 10.4. The summed E-state index contributed by atoms with van der Waals surface area (Å²) in [6, 6.07) is 3.41. The number of hydrogen-bond acceptors (Lipinski definition) is 5. The number of hydrogen-bond donors (Lipinski definition) is 1. The number of carbonyl (C=O) groups is 1. The summed E-state index contributed by atoms with van der Waals surface area (Å²) in [6.07, 6.45) is 6.62. The van der Waals surface area contributed by atoms with Gasteiger partial charge in [-0.3, -0.25) is 4.79 Å². The van der Waals surface area contributed by atoms with Crippen molar-refractivity contribution in [1.82, 2.24) is 10.3 Å². The number of halogens is 1. The van der Waals surface area contributed by atoms with E-state index < -0.39 is 0 Å². The summed E-state index contributed by atoms with van der Waals surface area (Å²) in [4.78, 5) is 18.6. The molecule has 3 rings (SSSR count). The summed E-state index contributed by atoms with van der Waals surface area (Å²) >= 11 is 5.25. The van der Waals surface area contributed by atoms with Gasteiger partial charge in [0.05, 0.1) is 24.9 Å². The Hall–Kier alpha value is -1.60. The molecule has 0 radical (unpaired) electrons. The zero-order valence-corrected chi connectivity index (χ0v) is 17.5. The number of benzene rings is 1. The fraction of sp³-hybridized carbons (Fsp3) is 0.474. The number of ether oxygens (including phenoxy) is 2. The average Bonchev–Trinajstić information content (AvgIpc) is 3.08. The highest BCUT2D eigenvalue weighted by Crippen LogP contribution is 2.35. The van der Waals surface area contributed by atoms with Gasteiger partial charge in [0.1, 0.15) is 16.0 Å². The zero-order chi connectivity index (χ0) is 18.5. The number of methoxy groups -OCH3 is 2. The molecule has 0 atom stereocenters. The van der Waals surface area contributed by atoms with E-state index in [1.165, 1.54) is 34.8 Å². The van der Waals surface area contributed by atoms with Gasteiger partial charge in [-0.2, -0.15) is 0 Å². The smallest absolute Gasteiger partial charge is 0.251 e. The number of carbonyl (C=O) groups excluding carboxylic acids is 1. The first-order chi connectivity index (χ1) is 12.6. The third kappa shape index (κ3) is 4.38. The maximum absolute atomic E-state index is 12.4. The molecule has 1 amide bonds. The Morgan fingerprint density at radius 2 is 1.92 bits per heavy atom. The van der Waals surface area contributed by atoms with Crippen LogP contribution in [0, 0.1) is 0 Å². The lowest BCUT2D eigenvalue weighted by Gasteiger charge is -2.11. The van der Waals surface area contributed by atoms with Crippen molar-refractivity contribution in [3.63, 3.8) is 0 Å². The van der Waals surface area contributed by atoms with E-state index >= 15 is 0 Å². The van der Waals surface area contributed by atoms with Gasteiger partial charge in [-0.1, -0.05) is 0 Å². The lowest BCUT2D eigenvalue weighted by Crippen LogP contribution is -2.24. The summed E-state index contributed by atoms with van der Waals surface area (Å²) in [5, 5.41) is 4.16. The maximum Gasteiger partial charge on any atom is 0.251 e. The molecule has 0 spiro atoms. The highest BCUT2D eigenvalue weighted by atomic mass is 79.9. The number of rotatable bonds is 7. The number of thiazole rings is 1. The number of aromatic nitrogens is 1. The molecule has 26 heavy (non-hydrogen) atoms. The van der Waals surface area contributed by atoms with Crippen LogP contribution in [0.5, 0.6) is 11.5 Å². The molecule has 140 valence electrons. The lowest BCUT2D eigenvalue weighted by molar-refractivity contribution is 0.0952. The van der Waals surface area contributed by atoms with Gasteiger partial charge >= 0.3 is 0 Å². The molecule has 5 nitrogen and oxygen atoms in total. The van der Waals surface area contributed by atoms with Crippen LogP contribution in [0.3, 0.4) is 0 Å². The van der Waals surface area contributed by atoms with Crippen LogP contribution in [0.25, 0.3) is 0 Å². The van der Waals surface area contributed by atoms with Crippen LogP contribution in [0.2, 0.25) is 0 Å². The van der Waals surface area contributed by atoms with E-state index in [9.17, 15) is 4.79 Å². The number of aryl methyl sites for hydroxylation is 3. The zero-order valence-electron chi connectivity index (χ0n) is 15.1. The van der Waals surface area contributed by atoms with Crippen molar-refractivity contribution in [2.75, 3.05) is 20.8 Å². The fourth-order valence-electron chi connectivity index (χ4n) is 3.06. The van der Waals surface area contributed by atoms with Crippen molar-refractivity contribution in [1.29, 1.82) is 0 Å². The van der Waals surface area contributed by atoms with Crippen LogP contribution >= 0.6 is 27.3 Å². The van der Waals surface area contributed by atoms with Crippen LogP contribution in [0.1, 0.15) is 45.2 Å². The van der Waals surface area contributed by atoms with E-state index in [-0.39, 0.29) is 5.91 Å². The highest BCUT2D eigenvalue weighted by molar-refractivity contribution is 9.10. The van der Waals surface area contributed by atoms with Gasteiger partial charge in [0.25, 0.3) is 5.91 Å². The summed E-state index contributed by atoms with van der Waals surface area (Å²) in [5.41, 5.74) is 1.82. The lowest BCUT2D eigenvalue weighted by atomic mass is 10.0. The minimum atomic E-state index is -0.132. The van der Waals surface area contributed by atoms with Gasteiger partial charge in [-0.05, 0) is 60.2 Å². The molecule has 0 unspecified atom stereocenters. The third-order valence-corrected chi connectivity index (χ3v) is 6.45. The second-order valence-corrected chi connectivity index (χ2v) is 8.20. The summed E-state index contributed by atoms with van der Waals surface area (Å²) in [7, 11) is 3.13. The summed E-state index contributed by atoms with van der Waals surface area (Å²) < 4.78 is 11.3. The Kier molecular flexibility index (Phi) is 6.53. The SMILES string of the molecule is COc1cc(C(=O)NCCCc2nc3c(s2)CCCC3)cc(OC)c1Br. The molecule has 1 N–H and O–H groups in total. The van der Waals surface area contributed by atoms with E-state index in [1.54, 1.807) is 26.4 Å².